The monoisotopic (exact) mass is 272 g/mol. The second kappa shape index (κ2) is 6.64. The minimum absolute atomic E-state index is 0.140. The Morgan fingerprint density at radius 1 is 0.950 bits per heavy atom. The van der Waals surface area contributed by atoms with Gasteiger partial charge in [0.1, 0.15) is 5.82 Å². The highest BCUT2D eigenvalue weighted by Gasteiger charge is 2.09. The molecule has 2 rings (SSSR count). The molecule has 20 heavy (non-hydrogen) atoms. The molecule has 2 aromatic carbocycles. The molecule has 3 N–H and O–H groups in total. The third-order valence-corrected chi connectivity index (χ3v) is 3.39. The predicted molar refractivity (Wildman–Crippen MR) is 80.8 cm³/mol. The molecule has 0 bridgehead atoms. The Labute approximate surface area is 119 Å². The zero-order chi connectivity index (χ0) is 14.5. The largest absolute Gasteiger partial charge is 0.271 e. The van der Waals surface area contributed by atoms with Gasteiger partial charge in [-0.3, -0.25) is 11.3 Å². The molecule has 2 aromatic rings. The fourth-order valence-electron chi connectivity index (χ4n) is 2.57. The summed E-state index contributed by atoms with van der Waals surface area (Å²) in [5.74, 6) is 5.44. The molecule has 1 atom stereocenters. The van der Waals surface area contributed by atoms with E-state index < -0.39 is 0 Å². The molecule has 106 valence electrons. The Morgan fingerprint density at radius 3 is 2.05 bits per heavy atom. The van der Waals surface area contributed by atoms with Crippen LogP contribution in [0.15, 0.2) is 42.5 Å². The summed E-state index contributed by atoms with van der Waals surface area (Å²) in [7, 11) is 0. The highest BCUT2D eigenvalue weighted by Crippen LogP contribution is 2.13. The van der Waals surface area contributed by atoms with Gasteiger partial charge < -0.3 is 0 Å². The number of aryl methyl sites for hydroxylation is 2. The molecule has 0 aliphatic heterocycles. The van der Waals surface area contributed by atoms with E-state index in [9.17, 15) is 4.39 Å². The number of nitrogens with two attached hydrogens (primary N) is 1. The molecule has 0 heterocycles. The third kappa shape index (κ3) is 4.15. The molecule has 0 fully saturated rings. The Morgan fingerprint density at radius 2 is 1.50 bits per heavy atom. The van der Waals surface area contributed by atoms with E-state index in [2.05, 4.69) is 37.5 Å². The van der Waals surface area contributed by atoms with Crippen LogP contribution >= 0.6 is 0 Å². The van der Waals surface area contributed by atoms with E-state index in [4.69, 9.17) is 5.84 Å². The van der Waals surface area contributed by atoms with Gasteiger partial charge in [0.05, 0.1) is 0 Å². The Kier molecular flexibility index (Phi) is 4.88. The number of rotatable bonds is 5. The first-order valence-corrected chi connectivity index (χ1v) is 6.84. The van der Waals surface area contributed by atoms with E-state index in [0.717, 1.165) is 18.4 Å². The van der Waals surface area contributed by atoms with Crippen LogP contribution in [0.3, 0.4) is 0 Å². The van der Waals surface area contributed by atoms with Crippen molar-refractivity contribution >= 4 is 0 Å². The summed E-state index contributed by atoms with van der Waals surface area (Å²) in [4.78, 5) is 0. The molecule has 0 amide bonds. The number of halogens is 1. The van der Waals surface area contributed by atoms with Crippen molar-refractivity contribution in [1.29, 1.82) is 0 Å². The van der Waals surface area contributed by atoms with Crippen LogP contribution in [0.4, 0.5) is 4.39 Å². The van der Waals surface area contributed by atoms with Crippen molar-refractivity contribution in [1.82, 2.24) is 5.43 Å². The van der Waals surface area contributed by atoms with E-state index in [1.54, 1.807) is 12.1 Å². The van der Waals surface area contributed by atoms with Gasteiger partial charge in [0, 0.05) is 6.04 Å². The van der Waals surface area contributed by atoms with Crippen molar-refractivity contribution in [2.75, 3.05) is 0 Å². The van der Waals surface area contributed by atoms with Crippen LogP contribution in [0.25, 0.3) is 0 Å². The smallest absolute Gasteiger partial charge is 0.123 e. The van der Waals surface area contributed by atoms with Crippen LogP contribution in [0.2, 0.25) is 0 Å². The maximum absolute atomic E-state index is 12.9. The summed E-state index contributed by atoms with van der Waals surface area (Å²) < 4.78 is 12.9. The second-order valence-corrected chi connectivity index (χ2v) is 5.39. The van der Waals surface area contributed by atoms with Crippen LogP contribution in [-0.4, -0.2) is 6.04 Å². The minimum atomic E-state index is -0.208. The number of hydrogen-bond donors (Lipinski definition) is 2. The van der Waals surface area contributed by atoms with Gasteiger partial charge in [-0.15, -0.1) is 0 Å². The van der Waals surface area contributed by atoms with Crippen LogP contribution < -0.4 is 11.3 Å². The molecular formula is C17H21FN2. The van der Waals surface area contributed by atoms with Crippen molar-refractivity contribution in [3.05, 3.63) is 70.5 Å². The predicted octanol–water partition coefficient (Wildman–Crippen LogP) is 3.06. The van der Waals surface area contributed by atoms with Crippen LogP contribution in [0.1, 0.15) is 22.3 Å². The molecule has 1 unspecified atom stereocenters. The first-order chi connectivity index (χ1) is 9.56. The van der Waals surface area contributed by atoms with Crippen molar-refractivity contribution in [2.24, 2.45) is 5.84 Å². The molecule has 2 nitrogen and oxygen atoms in total. The molecule has 3 heteroatoms. The average molecular weight is 272 g/mol. The van der Waals surface area contributed by atoms with Crippen molar-refractivity contribution in [3.8, 4) is 0 Å². The molecule has 0 saturated carbocycles. The minimum Gasteiger partial charge on any atom is -0.271 e. The summed E-state index contributed by atoms with van der Waals surface area (Å²) >= 11 is 0. The molecule has 0 aliphatic carbocycles. The summed E-state index contributed by atoms with van der Waals surface area (Å²) in [5, 5.41) is 0. The number of hydrazine groups is 1. The summed E-state index contributed by atoms with van der Waals surface area (Å²) in [6.07, 6.45) is 1.64. The molecular weight excluding hydrogens is 251 g/mol. The highest BCUT2D eigenvalue weighted by molar-refractivity contribution is 5.29. The third-order valence-electron chi connectivity index (χ3n) is 3.39. The maximum Gasteiger partial charge on any atom is 0.123 e. The highest BCUT2D eigenvalue weighted by atomic mass is 19.1. The zero-order valence-electron chi connectivity index (χ0n) is 12.0. The van der Waals surface area contributed by atoms with Gasteiger partial charge in [-0.2, -0.15) is 0 Å². The lowest BCUT2D eigenvalue weighted by atomic mass is 9.97. The Bertz CT molecular complexity index is 543. The van der Waals surface area contributed by atoms with Gasteiger partial charge in [0.2, 0.25) is 0 Å². The quantitative estimate of drug-likeness (QED) is 0.648. The van der Waals surface area contributed by atoms with Crippen molar-refractivity contribution < 1.29 is 4.39 Å². The van der Waals surface area contributed by atoms with Gasteiger partial charge in [-0.25, -0.2) is 4.39 Å². The topological polar surface area (TPSA) is 38.0 Å². The lowest BCUT2D eigenvalue weighted by Gasteiger charge is -2.17. The first-order valence-electron chi connectivity index (χ1n) is 6.84. The van der Waals surface area contributed by atoms with E-state index in [0.29, 0.717) is 0 Å². The zero-order valence-corrected chi connectivity index (χ0v) is 12.0. The molecule has 0 aliphatic rings. The number of nitrogens with one attached hydrogen (secondary N) is 1. The molecule has 0 spiro atoms. The first kappa shape index (κ1) is 14.7. The fourth-order valence-corrected chi connectivity index (χ4v) is 2.57. The fraction of sp³-hybridized carbons (Fsp3) is 0.294. The summed E-state index contributed by atoms with van der Waals surface area (Å²) in [6, 6.07) is 13.3. The SMILES string of the molecule is Cc1cc(C)cc(CC(Cc2ccc(F)cc2)NN)c1. The average Bonchev–Trinajstić information content (AvgIpc) is 2.39. The lowest BCUT2D eigenvalue weighted by molar-refractivity contribution is 0.521. The summed E-state index contributed by atoms with van der Waals surface area (Å²) in [5.41, 5.74) is 7.74. The Hall–Kier alpha value is -1.71. The maximum atomic E-state index is 12.9. The van der Waals surface area contributed by atoms with Crippen LogP contribution in [0, 0.1) is 19.7 Å². The van der Waals surface area contributed by atoms with Crippen LogP contribution in [-0.2, 0) is 12.8 Å². The normalized spacial score (nSPS) is 12.4. The molecule has 0 radical (unpaired) electrons. The second-order valence-electron chi connectivity index (χ2n) is 5.39. The lowest BCUT2D eigenvalue weighted by Crippen LogP contribution is -2.38. The van der Waals surface area contributed by atoms with E-state index in [1.807, 2.05) is 0 Å². The van der Waals surface area contributed by atoms with Gasteiger partial charge in [-0.1, -0.05) is 41.5 Å². The van der Waals surface area contributed by atoms with Gasteiger partial charge in [0.25, 0.3) is 0 Å². The van der Waals surface area contributed by atoms with Gasteiger partial charge in [-0.05, 0) is 49.9 Å². The number of benzene rings is 2. The standard InChI is InChI=1S/C17H21FN2/c1-12-7-13(2)9-15(8-12)11-17(20-19)10-14-3-5-16(18)6-4-14/h3-9,17,20H,10-11,19H2,1-2H3. The Balaban J connectivity index is 2.06. The van der Waals surface area contributed by atoms with Crippen molar-refractivity contribution in [2.45, 2.75) is 32.7 Å². The van der Waals surface area contributed by atoms with Gasteiger partial charge >= 0.3 is 0 Å². The molecule has 0 aromatic heterocycles. The van der Waals surface area contributed by atoms with E-state index in [-0.39, 0.29) is 11.9 Å². The van der Waals surface area contributed by atoms with Crippen LogP contribution in [0.5, 0.6) is 0 Å². The summed E-state index contributed by atoms with van der Waals surface area (Å²) in [6.45, 7) is 4.20. The van der Waals surface area contributed by atoms with E-state index >= 15 is 0 Å². The van der Waals surface area contributed by atoms with E-state index in [1.165, 1.54) is 28.8 Å². The molecule has 0 saturated heterocycles. The number of hydrogen-bond acceptors (Lipinski definition) is 2. The van der Waals surface area contributed by atoms with Crippen molar-refractivity contribution in [3.63, 3.8) is 0 Å². The van der Waals surface area contributed by atoms with Gasteiger partial charge in [0.15, 0.2) is 0 Å².